The van der Waals surface area contributed by atoms with Gasteiger partial charge in [0.05, 0.1) is 22.0 Å². The van der Waals surface area contributed by atoms with E-state index in [9.17, 15) is 17.9 Å². The highest BCUT2D eigenvalue weighted by atomic mass is 79.9. The number of sulfonamides is 1. The number of hydrogen-bond donors (Lipinski definition) is 1. The third-order valence-corrected chi connectivity index (χ3v) is 6.08. The quantitative estimate of drug-likeness (QED) is 0.905. The van der Waals surface area contributed by atoms with Gasteiger partial charge in [-0.05, 0) is 46.5 Å². The lowest BCUT2D eigenvalue weighted by Crippen LogP contribution is -2.39. The summed E-state index contributed by atoms with van der Waals surface area (Å²) in [5, 5.41) is 9.33. The third kappa shape index (κ3) is 2.69. The highest BCUT2D eigenvalue weighted by molar-refractivity contribution is 9.10. The van der Waals surface area contributed by atoms with E-state index in [-0.39, 0.29) is 21.9 Å². The molecule has 1 aromatic carbocycles. The average Bonchev–Trinajstić information content (AvgIpc) is 2.74. The molecule has 0 amide bonds. The molecule has 2 rings (SSSR count). The van der Waals surface area contributed by atoms with Crippen LogP contribution in [-0.4, -0.2) is 37.0 Å². The van der Waals surface area contributed by atoms with Crippen LogP contribution in [0, 0.1) is 11.7 Å². The van der Waals surface area contributed by atoms with Crippen LogP contribution >= 0.6 is 15.9 Å². The summed E-state index contributed by atoms with van der Waals surface area (Å²) in [7, 11) is -3.76. The van der Waals surface area contributed by atoms with Gasteiger partial charge in [0, 0.05) is 6.54 Å². The summed E-state index contributed by atoms with van der Waals surface area (Å²) < 4.78 is 39.9. The first-order valence-corrected chi connectivity index (χ1v) is 8.19. The monoisotopic (exact) mass is 351 g/mol. The van der Waals surface area contributed by atoms with Crippen LogP contribution < -0.4 is 0 Å². The zero-order valence-corrected chi connectivity index (χ0v) is 12.8. The number of aliphatic hydroxyl groups is 1. The van der Waals surface area contributed by atoms with Crippen LogP contribution in [0.25, 0.3) is 0 Å². The Balaban J connectivity index is 2.39. The van der Waals surface area contributed by atoms with Crippen molar-refractivity contribution < 1.29 is 17.9 Å². The minimum absolute atomic E-state index is 0.0826. The minimum atomic E-state index is -3.76. The highest BCUT2D eigenvalue weighted by Crippen LogP contribution is 2.30. The first kappa shape index (κ1) is 14.9. The molecule has 106 valence electrons. The zero-order chi connectivity index (χ0) is 14.2. The van der Waals surface area contributed by atoms with Crippen molar-refractivity contribution in [1.29, 1.82) is 0 Å². The fourth-order valence-corrected chi connectivity index (χ4v) is 4.30. The number of benzene rings is 1. The second kappa shape index (κ2) is 5.47. The SMILES string of the molecule is CC1CCN(S(=O)(=O)c2ccc(Br)c(F)c2)C1CO. The summed E-state index contributed by atoms with van der Waals surface area (Å²) in [5.41, 5.74) is 0. The van der Waals surface area contributed by atoms with Crippen molar-refractivity contribution in [1.82, 2.24) is 4.31 Å². The molecule has 1 heterocycles. The van der Waals surface area contributed by atoms with Crippen LogP contribution in [0.5, 0.6) is 0 Å². The fourth-order valence-electron chi connectivity index (χ4n) is 2.32. The number of hydrogen-bond acceptors (Lipinski definition) is 3. The normalized spacial score (nSPS) is 24.8. The molecule has 0 radical (unpaired) electrons. The molecule has 0 saturated carbocycles. The maximum absolute atomic E-state index is 13.5. The van der Waals surface area contributed by atoms with Crippen molar-refractivity contribution in [3.05, 3.63) is 28.5 Å². The van der Waals surface area contributed by atoms with Crippen molar-refractivity contribution in [2.75, 3.05) is 13.2 Å². The smallest absolute Gasteiger partial charge is 0.243 e. The van der Waals surface area contributed by atoms with E-state index in [1.807, 2.05) is 6.92 Å². The molecule has 0 bridgehead atoms. The second-order valence-electron chi connectivity index (χ2n) is 4.71. The van der Waals surface area contributed by atoms with E-state index < -0.39 is 21.9 Å². The molecule has 2 unspecified atom stereocenters. The lowest BCUT2D eigenvalue weighted by atomic mass is 10.0. The lowest BCUT2D eigenvalue weighted by molar-refractivity contribution is 0.191. The van der Waals surface area contributed by atoms with Crippen molar-refractivity contribution in [2.45, 2.75) is 24.3 Å². The van der Waals surface area contributed by atoms with Gasteiger partial charge in [-0.15, -0.1) is 0 Å². The Hall–Kier alpha value is -0.500. The van der Waals surface area contributed by atoms with Gasteiger partial charge in [-0.1, -0.05) is 6.92 Å². The molecule has 1 aliphatic rings. The van der Waals surface area contributed by atoms with Crippen LogP contribution in [-0.2, 0) is 10.0 Å². The maximum Gasteiger partial charge on any atom is 0.243 e. The van der Waals surface area contributed by atoms with Gasteiger partial charge in [-0.3, -0.25) is 0 Å². The topological polar surface area (TPSA) is 57.6 Å². The molecular weight excluding hydrogens is 337 g/mol. The van der Waals surface area contributed by atoms with Crippen LogP contribution in [0.15, 0.2) is 27.6 Å². The van der Waals surface area contributed by atoms with Crippen molar-refractivity contribution in [3.63, 3.8) is 0 Å². The second-order valence-corrected chi connectivity index (χ2v) is 7.45. The van der Waals surface area contributed by atoms with Gasteiger partial charge in [0.1, 0.15) is 5.82 Å². The largest absolute Gasteiger partial charge is 0.395 e. The van der Waals surface area contributed by atoms with E-state index in [1.165, 1.54) is 16.4 Å². The van der Waals surface area contributed by atoms with Gasteiger partial charge in [0.15, 0.2) is 0 Å². The van der Waals surface area contributed by atoms with E-state index in [4.69, 9.17) is 0 Å². The number of nitrogens with zero attached hydrogens (tertiary/aromatic N) is 1. The molecule has 0 aliphatic carbocycles. The number of rotatable bonds is 3. The molecule has 4 nitrogen and oxygen atoms in total. The Labute approximate surface area is 120 Å². The zero-order valence-electron chi connectivity index (χ0n) is 10.4. The van der Waals surface area contributed by atoms with Crippen LogP contribution in [0.4, 0.5) is 4.39 Å². The first-order valence-electron chi connectivity index (χ1n) is 5.95. The van der Waals surface area contributed by atoms with Gasteiger partial charge >= 0.3 is 0 Å². The van der Waals surface area contributed by atoms with Crippen molar-refractivity contribution in [3.8, 4) is 0 Å². The summed E-state index contributed by atoms with van der Waals surface area (Å²) in [6.07, 6.45) is 0.698. The molecule has 1 fully saturated rings. The lowest BCUT2D eigenvalue weighted by Gasteiger charge is -2.24. The Morgan fingerprint density at radius 3 is 2.79 bits per heavy atom. The molecule has 1 saturated heterocycles. The number of halogens is 2. The van der Waals surface area contributed by atoms with Crippen molar-refractivity contribution in [2.24, 2.45) is 5.92 Å². The third-order valence-electron chi connectivity index (χ3n) is 3.52. The highest BCUT2D eigenvalue weighted by Gasteiger charge is 2.39. The van der Waals surface area contributed by atoms with Gasteiger partial charge in [0.2, 0.25) is 10.0 Å². The van der Waals surface area contributed by atoms with Gasteiger partial charge in [0.25, 0.3) is 0 Å². The Bertz CT molecular complexity index is 578. The van der Waals surface area contributed by atoms with E-state index >= 15 is 0 Å². The Kier molecular flexibility index (Phi) is 4.29. The molecule has 19 heavy (non-hydrogen) atoms. The molecule has 1 N–H and O–H groups in total. The van der Waals surface area contributed by atoms with Crippen LogP contribution in [0.2, 0.25) is 0 Å². The molecule has 1 aliphatic heterocycles. The minimum Gasteiger partial charge on any atom is -0.395 e. The molecular formula is C12H15BrFNO3S. The van der Waals surface area contributed by atoms with Crippen molar-refractivity contribution >= 4 is 26.0 Å². The van der Waals surface area contributed by atoms with Gasteiger partial charge in [-0.2, -0.15) is 4.31 Å². The van der Waals surface area contributed by atoms with E-state index in [0.29, 0.717) is 13.0 Å². The van der Waals surface area contributed by atoms with Crippen LogP contribution in [0.1, 0.15) is 13.3 Å². The summed E-state index contributed by atoms with van der Waals surface area (Å²) in [6, 6.07) is 3.29. The van der Waals surface area contributed by atoms with Gasteiger partial charge in [-0.25, -0.2) is 12.8 Å². The molecule has 1 aromatic rings. The standard InChI is InChI=1S/C12H15BrFNO3S/c1-8-4-5-15(12(8)7-16)19(17,18)9-2-3-10(13)11(14)6-9/h2-3,6,8,12,16H,4-5,7H2,1H3. The van der Waals surface area contributed by atoms with E-state index in [2.05, 4.69) is 15.9 Å². The predicted octanol–water partition coefficient (Wildman–Crippen LogP) is 1.98. The number of aliphatic hydroxyl groups excluding tert-OH is 1. The van der Waals surface area contributed by atoms with Gasteiger partial charge < -0.3 is 5.11 Å². The average molecular weight is 352 g/mol. The summed E-state index contributed by atoms with van der Waals surface area (Å²) >= 11 is 2.99. The summed E-state index contributed by atoms with van der Waals surface area (Å²) in [5.74, 6) is -0.520. The van der Waals surface area contributed by atoms with E-state index in [0.717, 1.165) is 6.07 Å². The predicted molar refractivity (Wildman–Crippen MR) is 72.6 cm³/mol. The molecule has 2 atom stereocenters. The maximum atomic E-state index is 13.5. The Morgan fingerprint density at radius 1 is 1.53 bits per heavy atom. The molecule has 0 spiro atoms. The summed E-state index contributed by atoms with van der Waals surface area (Å²) in [6.45, 7) is 2.03. The first-order chi connectivity index (χ1) is 8.87. The van der Waals surface area contributed by atoms with Crippen LogP contribution in [0.3, 0.4) is 0 Å². The molecule has 7 heteroatoms. The molecule has 0 aromatic heterocycles. The summed E-state index contributed by atoms with van der Waals surface area (Å²) in [4.78, 5) is -0.0826. The Morgan fingerprint density at radius 2 is 2.21 bits per heavy atom. The fraction of sp³-hybridized carbons (Fsp3) is 0.500. The van der Waals surface area contributed by atoms with E-state index in [1.54, 1.807) is 0 Å².